The molecule has 5 heteroatoms. The summed E-state index contributed by atoms with van der Waals surface area (Å²) in [5, 5.41) is 5.54. The van der Waals surface area contributed by atoms with Gasteiger partial charge in [0, 0.05) is 6.54 Å². The summed E-state index contributed by atoms with van der Waals surface area (Å²) in [6.45, 7) is 6.03. The van der Waals surface area contributed by atoms with Crippen LogP contribution in [0.4, 0.5) is 20.6 Å². The van der Waals surface area contributed by atoms with Crippen LogP contribution in [0, 0.1) is 5.82 Å². The van der Waals surface area contributed by atoms with Crippen LogP contribution < -0.4 is 10.6 Å². The van der Waals surface area contributed by atoms with E-state index >= 15 is 0 Å². The summed E-state index contributed by atoms with van der Waals surface area (Å²) < 4.78 is 18.8. The number of rotatable bonds is 1. The second kappa shape index (κ2) is 4.48. The summed E-state index contributed by atoms with van der Waals surface area (Å²) >= 11 is 0. The van der Waals surface area contributed by atoms with Crippen molar-refractivity contribution in [2.75, 3.05) is 17.2 Å². The van der Waals surface area contributed by atoms with Crippen LogP contribution in [0.3, 0.4) is 0 Å². The minimum atomic E-state index is -0.650. The first-order valence-corrected chi connectivity index (χ1v) is 5.92. The van der Waals surface area contributed by atoms with Crippen LogP contribution in [-0.4, -0.2) is 18.2 Å². The van der Waals surface area contributed by atoms with Gasteiger partial charge < -0.3 is 10.1 Å². The molecule has 0 saturated heterocycles. The smallest absolute Gasteiger partial charge is 0.412 e. The molecule has 1 aromatic rings. The molecule has 0 aliphatic carbocycles. The van der Waals surface area contributed by atoms with Crippen LogP contribution >= 0.6 is 0 Å². The van der Waals surface area contributed by atoms with E-state index in [4.69, 9.17) is 4.74 Å². The monoisotopic (exact) mass is 252 g/mol. The van der Waals surface area contributed by atoms with E-state index in [2.05, 4.69) is 10.6 Å². The molecule has 4 nitrogen and oxygen atoms in total. The molecule has 2 N–H and O–H groups in total. The zero-order valence-electron chi connectivity index (χ0n) is 10.8. The van der Waals surface area contributed by atoms with Crippen molar-refractivity contribution in [3.8, 4) is 0 Å². The lowest BCUT2D eigenvalue weighted by molar-refractivity contribution is 0.0635. The second-order valence-corrected chi connectivity index (χ2v) is 5.26. The first-order valence-electron chi connectivity index (χ1n) is 5.92. The minimum Gasteiger partial charge on any atom is -0.444 e. The maximum absolute atomic E-state index is 13.7. The third-order valence-electron chi connectivity index (χ3n) is 2.56. The zero-order chi connectivity index (χ0) is 13.3. The van der Waals surface area contributed by atoms with Crippen LogP contribution in [0.2, 0.25) is 0 Å². The molecule has 1 amide bonds. The number of carbonyl (C=O) groups excluding carboxylic acids is 1. The lowest BCUT2D eigenvalue weighted by Crippen LogP contribution is -2.27. The van der Waals surface area contributed by atoms with Crippen molar-refractivity contribution in [1.82, 2.24) is 0 Å². The zero-order valence-corrected chi connectivity index (χ0v) is 10.8. The molecule has 0 radical (unpaired) electrons. The fraction of sp³-hybridized carbons (Fsp3) is 0.462. The highest BCUT2D eigenvalue weighted by Gasteiger charge is 2.22. The van der Waals surface area contributed by atoms with Gasteiger partial charge in [0.2, 0.25) is 0 Å². The SMILES string of the molecule is CC(C)(C)OC(=O)Nc1c(F)ccc2c1NCC2. The van der Waals surface area contributed by atoms with Gasteiger partial charge in [-0.1, -0.05) is 6.07 Å². The molecule has 18 heavy (non-hydrogen) atoms. The van der Waals surface area contributed by atoms with Crippen LogP contribution in [0.25, 0.3) is 0 Å². The molecule has 1 aliphatic rings. The van der Waals surface area contributed by atoms with Gasteiger partial charge in [0.15, 0.2) is 0 Å². The highest BCUT2D eigenvalue weighted by atomic mass is 19.1. The summed E-state index contributed by atoms with van der Waals surface area (Å²) in [5.74, 6) is -0.464. The maximum Gasteiger partial charge on any atom is 0.412 e. The number of nitrogens with one attached hydrogen (secondary N) is 2. The molecule has 1 heterocycles. The predicted octanol–water partition coefficient (Wildman–Crippen LogP) is 3.14. The van der Waals surface area contributed by atoms with Gasteiger partial charge in [-0.05, 0) is 38.8 Å². The maximum atomic E-state index is 13.7. The predicted molar refractivity (Wildman–Crippen MR) is 68.5 cm³/mol. The first kappa shape index (κ1) is 12.7. The first-order chi connectivity index (χ1) is 8.37. The Balaban J connectivity index is 2.19. The number of amides is 1. The average Bonchev–Trinajstić information content (AvgIpc) is 2.67. The van der Waals surface area contributed by atoms with Gasteiger partial charge in [-0.25, -0.2) is 9.18 Å². The van der Waals surface area contributed by atoms with Crippen LogP contribution in [-0.2, 0) is 11.2 Å². The van der Waals surface area contributed by atoms with Crippen molar-refractivity contribution >= 4 is 17.5 Å². The third-order valence-corrected chi connectivity index (χ3v) is 2.56. The van der Waals surface area contributed by atoms with Crippen molar-refractivity contribution in [1.29, 1.82) is 0 Å². The number of hydrogen-bond donors (Lipinski definition) is 2. The Labute approximate surface area is 106 Å². The Morgan fingerprint density at radius 1 is 1.44 bits per heavy atom. The Bertz CT molecular complexity index is 481. The third kappa shape index (κ3) is 2.72. The van der Waals surface area contributed by atoms with Crippen molar-refractivity contribution in [3.05, 3.63) is 23.5 Å². The summed E-state index contributed by atoms with van der Waals surface area (Å²) in [6, 6.07) is 3.09. The lowest BCUT2D eigenvalue weighted by Gasteiger charge is -2.20. The lowest BCUT2D eigenvalue weighted by atomic mass is 10.1. The Morgan fingerprint density at radius 3 is 2.83 bits per heavy atom. The fourth-order valence-electron chi connectivity index (χ4n) is 1.88. The van der Waals surface area contributed by atoms with Gasteiger partial charge in [0.05, 0.1) is 5.69 Å². The van der Waals surface area contributed by atoms with E-state index in [0.717, 1.165) is 18.5 Å². The number of halogens is 1. The quantitative estimate of drug-likeness (QED) is 0.807. The standard InChI is InChI=1S/C13H17FN2O2/c1-13(2,3)18-12(17)16-11-9(14)5-4-8-6-7-15-10(8)11/h4-5,15H,6-7H2,1-3H3,(H,16,17). The molecule has 98 valence electrons. The second-order valence-electron chi connectivity index (χ2n) is 5.26. The molecular weight excluding hydrogens is 235 g/mol. The van der Waals surface area contributed by atoms with E-state index in [1.165, 1.54) is 6.07 Å². The molecule has 1 aromatic carbocycles. The Kier molecular flexibility index (Phi) is 3.15. The Hall–Kier alpha value is -1.78. The number of benzene rings is 1. The van der Waals surface area contributed by atoms with Crippen LogP contribution in [0.1, 0.15) is 26.3 Å². The van der Waals surface area contributed by atoms with E-state index in [9.17, 15) is 9.18 Å². The minimum absolute atomic E-state index is 0.166. The van der Waals surface area contributed by atoms with E-state index in [-0.39, 0.29) is 5.69 Å². The normalized spacial score (nSPS) is 13.8. The van der Waals surface area contributed by atoms with Crippen molar-refractivity contribution in [2.24, 2.45) is 0 Å². The fourth-order valence-corrected chi connectivity index (χ4v) is 1.88. The molecule has 0 saturated carbocycles. The molecule has 0 spiro atoms. The Morgan fingerprint density at radius 2 is 2.17 bits per heavy atom. The van der Waals surface area contributed by atoms with Crippen molar-refractivity contribution in [3.63, 3.8) is 0 Å². The van der Waals surface area contributed by atoms with E-state index in [1.807, 2.05) is 0 Å². The number of hydrogen-bond acceptors (Lipinski definition) is 3. The van der Waals surface area contributed by atoms with Gasteiger partial charge in [-0.3, -0.25) is 5.32 Å². The molecule has 1 aliphatic heterocycles. The largest absolute Gasteiger partial charge is 0.444 e. The summed E-state index contributed by atoms with van der Waals surface area (Å²) in [7, 11) is 0. The van der Waals surface area contributed by atoms with Crippen LogP contribution in [0.15, 0.2) is 12.1 Å². The number of ether oxygens (including phenoxy) is 1. The van der Waals surface area contributed by atoms with E-state index in [0.29, 0.717) is 5.69 Å². The molecular formula is C13H17FN2O2. The number of carbonyl (C=O) groups is 1. The molecule has 0 fully saturated rings. The van der Waals surface area contributed by atoms with Gasteiger partial charge in [-0.15, -0.1) is 0 Å². The molecule has 0 unspecified atom stereocenters. The summed E-state index contributed by atoms with van der Waals surface area (Å²) in [4.78, 5) is 11.7. The van der Waals surface area contributed by atoms with Crippen molar-refractivity contribution in [2.45, 2.75) is 32.8 Å². The van der Waals surface area contributed by atoms with Crippen LogP contribution in [0.5, 0.6) is 0 Å². The van der Waals surface area contributed by atoms with E-state index < -0.39 is 17.5 Å². The molecule has 0 aromatic heterocycles. The van der Waals surface area contributed by atoms with Crippen molar-refractivity contribution < 1.29 is 13.9 Å². The highest BCUT2D eigenvalue weighted by Crippen LogP contribution is 2.33. The molecule has 2 rings (SSSR count). The summed E-state index contributed by atoms with van der Waals surface area (Å²) in [5.41, 5.74) is 1.22. The topological polar surface area (TPSA) is 50.4 Å². The summed E-state index contributed by atoms with van der Waals surface area (Å²) in [6.07, 6.45) is 0.182. The van der Waals surface area contributed by atoms with Gasteiger partial charge in [0.1, 0.15) is 17.1 Å². The molecule has 0 atom stereocenters. The molecule has 0 bridgehead atoms. The number of fused-ring (bicyclic) bond motifs is 1. The van der Waals surface area contributed by atoms with Gasteiger partial charge in [-0.2, -0.15) is 0 Å². The van der Waals surface area contributed by atoms with Gasteiger partial charge >= 0.3 is 6.09 Å². The van der Waals surface area contributed by atoms with Gasteiger partial charge in [0.25, 0.3) is 0 Å². The highest BCUT2D eigenvalue weighted by molar-refractivity contribution is 5.91. The number of anilines is 2. The average molecular weight is 252 g/mol. The van der Waals surface area contributed by atoms with E-state index in [1.54, 1.807) is 26.8 Å².